The van der Waals surface area contributed by atoms with Crippen LogP contribution in [0, 0.1) is 5.92 Å². The van der Waals surface area contributed by atoms with Gasteiger partial charge < -0.3 is 4.90 Å². The summed E-state index contributed by atoms with van der Waals surface area (Å²) in [6.07, 6.45) is 4.66. The Kier molecular flexibility index (Phi) is 6.59. The van der Waals surface area contributed by atoms with Crippen molar-refractivity contribution in [2.24, 2.45) is 10.9 Å². The van der Waals surface area contributed by atoms with E-state index in [0.29, 0.717) is 5.92 Å². The van der Waals surface area contributed by atoms with Crippen molar-refractivity contribution in [3.05, 3.63) is 47.0 Å². The third kappa shape index (κ3) is 4.78. The average Bonchev–Trinajstić information content (AvgIpc) is 2.59. The molecule has 1 aromatic rings. The number of benzene rings is 1. The Labute approximate surface area is 142 Å². The maximum absolute atomic E-state index is 4.82. The summed E-state index contributed by atoms with van der Waals surface area (Å²) in [6.45, 7) is 14.0. The van der Waals surface area contributed by atoms with Gasteiger partial charge in [-0.1, -0.05) is 38.1 Å². The van der Waals surface area contributed by atoms with E-state index in [1.165, 1.54) is 48.2 Å². The minimum absolute atomic E-state index is 0.649. The molecule has 0 spiro atoms. The van der Waals surface area contributed by atoms with Crippen LogP contribution in [0.4, 0.5) is 0 Å². The summed E-state index contributed by atoms with van der Waals surface area (Å²) in [6, 6.07) is 6.80. The van der Waals surface area contributed by atoms with Gasteiger partial charge in [-0.3, -0.25) is 4.99 Å². The lowest BCUT2D eigenvalue weighted by Gasteiger charge is -2.29. The van der Waals surface area contributed by atoms with Crippen molar-refractivity contribution >= 4 is 5.71 Å². The van der Waals surface area contributed by atoms with Gasteiger partial charge in [-0.25, -0.2) is 0 Å². The van der Waals surface area contributed by atoms with Crippen molar-refractivity contribution in [2.45, 2.75) is 46.5 Å². The molecular weight excluding hydrogens is 280 g/mol. The van der Waals surface area contributed by atoms with Crippen LogP contribution >= 0.6 is 0 Å². The topological polar surface area (TPSA) is 15.6 Å². The molecular formula is C21H32N2. The normalized spacial score (nSPS) is 17.5. The molecule has 0 bridgehead atoms. The molecule has 2 rings (SSSR count). The summed E-state index contributed by atoms with van der Waals surface area (Å²) in [5.41, 5.74) is 6.61. The molecule has 0 radical (unpaired) electrons. The van der Waals surface area contributed by atoms with Gasteiger partial charge in [0.2, 0.25) is 0 Å². The molecule has 0 aliphatic carbocycles. The van der Waals surface area contributed by atoms with Crippen LogP contribution in [-0.4, -0.2) is 37.3 Å². The molecule has 0 atom stereocenters. The summed E-state index contributed by atoms with van der Waals surface area (Å²) >= 11 is 0. The standard InChI is InChI=1S/C21H32N2/c1-6-18-8-9-21(14-19(18)7-2)17(4)22-15-16(3)20-10-12-23(5)13-11-20/h8-9,14,20H,3,6-7,10-13,15H2,1-2,4-5H3/b22-17+. The molecule has 1 aliphatic heterocycles. The lowest BCUT2D eigenvalue weighted by atomic mass is 9.90. The van der Waals surface area contributed by atoms with Crippen molar-refractivity contribution in [1.29, 1.82) is 0 Å². The molecule has 2 heteroatoms. The predicted octanol–water partition coefficient (Wildman–Crippen LogP) is 4.52. The van der Waals surface area contributed by atoms with Crippen LogP contribution in [0.3, 0.4) is 0 Å². The first-order chi connectivity index (χ1) is 11.0. The van der Waals surface area contributed by atoms with E-state index in [9.17, 15) is 0 Å². The number of likely N-dealkylation sites (tertiary alicyclic amines) is 1. The van der Waals surface area contributed by atoms with Gasteiger partial charge in [-0.2, -0.15) is 0 Å². The van der Waals surface area contributed by atoms with E-state index in [-0.39, 0.29) is 0 Å². The molecule has 1 saturated heterocycles. The summed E-state index contributed by atoms with van der Waals surface area (Å²) in [4.78, 5) is 7.23. The second-order valence-corrected chi connectivity index (χ2v) is 6.83. The maximum Gasteiger partial charge on any atom is 0.0603 e. The highest BCUT2D eigenvalue weighted by molar-refractivity contribution is 5.99. The van der Waals surface area contributed by atoms with Crippen molar-refractivity contribution in [3.8, 4) is 0 Å². The Morgan fingerprint density at radius 3 is 2.43 bits per heavy atom. The molecule has 1 aromatic carbocycles. The highest BCUT2D eigenvalue weighted by Gasteiger charge is 2.18. The Hall–Kier alpha value is -1.41. The summed E-state index contributed by atoms with van der Waals surface area (Å²) < 4.78 is 0. The first kappa shape index (κ1) is 17.9. The largest absolute Gasteiger partial charge is 0.306 e. The Balaban J connectivity index is 2.00. The molecule has 0 unspecified atom stereocenters. The maximum atomic E-state index is 4.82. The fourth-order valence-corrected chi connectivity index (χ4v) is 3.38. The quantitative estimate of drug-likeness (QED) is 0.557. The first-order valence-corrected chi connectivity index (χ1v) is 9.04. The van der Waals surface area contributed by atoms with Crippen molar-refractivity contribution in [3.63, 3.8) is 0 Å². The number of hydrogen-bond donors (Lipinski definition) is 0. The Morgan fingerprint density at radius 1 is 1.17 bits per heavy atom. The molecule has 0 N–H and O–H groups in total. The lowest BCUT2D eigenvalue weighted by Crippen LogP contribution is -2.31. The molecule has 0 amide bonds. The van der Waals surface area contributed by atoms with Gasteiger partial charge in [0.1, 0.15) is 0 Å². The van der Waals surface area contributed by atoms with Crippen LogP contribution in [0.1, 0.15) is 50.3 Å². The molecule has 2 nitrogen and oxygen atoms in total. The van der Waals surface area contributed by atoms with Crippen molar-refractivity contribution in [1.82, 2.24) is 4.90 Å². The van der Waals surface area contributed by atoms with Crippen molar-refractivity contribution in [2.75, 3.05) is 26.7 Å². The van der Waals surface area contributed by atoms with Gasteiger partial charge >= 0.3 is 0 Å². The SMILES string of the molecule is C=C(C/N=C(\C)c1ccc(CC)c(CC)c1)C1CCN(C)CC1. The van der Waals surface area contributed by atoms with Crippen LogP contribution < -0.4 is 0 Å². The van der Waals surface area contributed by atoms with Crippen LogP contribution in [0.2, 0.25) is 0 Å². The fourth-order valence-electron chi connectivity index (χ4n) is 3.38. The molecule has 1 heterocycles. The number of hydrogen-bond acceptors (Lipinski definition) is 2. The number of nitrogens with zero attached hydrogens (tertiary/aromatic N) is 2. The second-order valence-electron chi connectivity index (χ2n) is 6.83. The molecule has 0 saturated carbocycles. The van der Waals surface area contributed by atoms with E-state index in [2.05, 4.69) is 57.5 Å². The first-order valence-electron chi connectivity index (χ1n) is 9.04. The number of rotatable bonds is 6. The highest BCUT2D eigenvalue weighted by atomic mass is 15.1. The van der Waals surface area contributed by atoms with Gasteiger partial charge in [0.05, 0.1) is 6.54 Å². The van der Waals surface area contributed by atoms with Crippen molar-refractivity contribution < 1.29 is 0 Å². The second kappa shape index (κ2) is 8.44. The molecule has 0 aromatic heterocycles. The van der Waals surface area contributed by atoms with E-state index in [1.54, 1.807) is 0 Å². The zero-order chi connectivity index (χ0) is 16.8. The summed E-state index contributed by atoms with van der Waals surface area (Å²) in [7, 11) is 2.20. The van der Waals surface area contributed by atoms with Gasteiger partial charge in [-0.15, -0.1) is 0 Å². The lowest BCUT2D eigenvalue weighted by molar-refractivity contribution is 0.237. The molecule has 126 valence electrons. The average molecular weight is 313 g/mol. The van der Waals surface area contributed by atoms with Gasteiger partial charge in [0.15, 0.2) is 0 Å². The Bertz CT molecular complexity index is 563. The van der Waals surface area contributed by atoms with E-state index in [4.69, 9.17) is 4.99 Å². The molecule has 23 heavy (non-hydrogen) atoms. The van der Waals surface area contributed by atoms with E-state index in [1.807, 2.05) is 0 Å². The van der Waals surface area contributed by atoms with E-state index < -0.39 is 0 Å². The van der Waals surface area contributed by atoms with Gasteiger partial charge in [0, 0.05) is 5.71 Å². The summed E-state index contributed by atoms with van der Waals surface area (Å²) in [5, 5.41) is 0. The Morgan fingerprint density at radius 2 is 1.83 bits per heavy atom. The smallest absolute Gasteiger partial charge is 0.0603 e. The zero-order valence-corrected chi connectivity index (χ0v) is 15.4. The fraction of sp³-hybridized carbons (Fsp3) is 0.571. The van der Waals surface area contributed by atoms with Gasteiger partial charge in [0.25, 0.3) is 0 Å². The molecule has 1 fully saturated rings. The third-order valence-corrected chi connectivity index (χ3v) is 5.20. The van der Waals surface area contributed by atoms with Crippen LogP contribution in [0.5, 0.6) is 0 Å². The highest BCUT2D eigenvalue weighted by Crippen LogP contribution is 2.23. The minimum atomic E-state index is 0.649. The zero-order valence-electron chi connectivity index (χ0n) is 15.4. The van der Waals surface area contributed by atoms with Crippen LogP contribution in [0.25, 0.3) is 0 Å². The third-order valence-electron chi connectivity index (χ3n) is 5.20. The van der Waals surface area contributed by atoms with E-state index >= 15 is 0 Å². The number of aryl methyl sites for hydroxylation is 2. The van der Waals surface area contributed by atoms with Crippen LogP contribution in [-0.2, 0) is 12.8 Å². The molecule has 1 aliphatic rings. The summed E-state index contributed by atoms with van der Waals surface area (Å²) in [5.74, 6) is 0.649. The monoisotopic (exact) mass is 312 g/mol. The minimum Gasteiger partial charge on any atom is -0.306 e. The van der Waals surface area contributed by atoms with Crippen LogP contribution in [0.15, 0.2) is 35.3 Å². The predicted molar refractivity (Wildman–Crippen MR) is 102 cm³/mol. The number of piperidine rings is 1. The van der Waals surface area contributed by atoms with E-state index in [0.717, 1.165) is 25.1 Å². The van der Waals surface area contributed by atoms with Gasteiger partial charge in [-0.05, 0) is 81.4 Å². The number of aliphatic imine (C=N–C) groups is 1.